The fourth-order valence-electron chi connectivity index (χ4n) is 1.28. The lowest BCUT2D eigenvalue weighted by Crippen LogP contribution is -2.37. The lowest BCUT2D eigenvalue weighted by molar-refractivity contribution is -0.315. The van der Waals surface area contributed by atoms with Gasteiger partial charge in [0.15, 0.2) is 0 Å². The van der Waals surface area contributed by atoms with Gasteiger partial charge in [-0.05, 0) is 6.42 Å². The minimum Gasteiger partial charge on any atom is -0.322 e. The molecule has 9 nitrogen and oxygen atoms in total. The molecule has 0 unspecified atom stereocenters. The summed E-state index contributed by atoms with van der Waals surface area (Å²) in [5.74, 6) is 0.0274. The van der Waals surface area contributed by atoms with E-state index in [-0.39, 0.29) is 37.5 Å². The molecule has 0 heterocycles. The highest BCUT2D eigenvalue weighted by Gasteiger charge is 2.33. The van der Waals surface area contributed by atoms with Gasteiger partial charge in [0.25, 0.3) is 0 Å². The van der Waals surface area contributed by atoms with Crippen molar-refractivity contribution in [1.29, 1.82) is 16.2 Å². The quantitative estimate of drug-likeness (QED) is 0.203. The van der Waals surface area contributed by atoms with E-state index in [2.05, 4.69) is 0 Å². The monoisotopic (exact) mass is 347 g/mol. The molecule has 0 atom stereocenters. The van der Waals surface area contributed by atoms with Crippen LogP contribution in [0, 0.1) is 21.6 Å². The summed E-state index contributed by atoms with van der Waals surface area (Å²) in [6.45, 7) is 7.43. The van der Waals surface area contributed by atoms with Crippen LogP contribution in [0.3, 0.4) is 0 Å². The Morgan fingerprint density at radius 3 is 1.12 bits per heavy atom. The fourth-order valence-corrected chi connectivity index (χ4v) is 1.28. The molecular formula is C15H29N3O6. The number of hydrogen-bond donors (Lipinski definition) is 3. The van der Waals surface area contributed by atoms with E-state index in [1.807, 2.05) is 6.92 Å². The van der Waals surface area contributed by atoms with E-state index in [1.165, 1.54) is 0 Å². The molecule has 0 fully saturated rings. The Labute approximate surface area is 142 Å². The number of hydrogen-bond acceptors (Lipinski definition) is 9. The van der Waals surface area contributed by atoms with E-state index in [4.69, 9.17) is 45.6 Å². The first-order valence-electron chi connectivity index (χ1n) is 8.03. The van der Waals surface area contributed by atoms with E-state index >= 15 is 0 Å². The molecule has 0 aliphatic carbocycles. The summed E-state index contributed by atoms with van der Waals surface area (Å²) in [4.78, 5) is 29.9. The molecule has 3 N–H and O–H groups in total. The molecular weight excluding hydrogens is 318 g/mol. The van der Waals surface area contributed by atoms with Crippen molar-refractivity contribution < 1.29 is 29.3 Å². The zero-order valence-electron chi connectivity index (χ0n) is 14.9. The second kappa shape index (κ2) is 12.7. The number of nitrogens with one attached hydrogen (secondary N) is 3. The Morgan fingerprint density at radius 2 is 0.917 bits per heavy atom. The van der Waals surface area contributed by atoms with Gasteiger partial charge in [-0.1, -0.05) is 27.7 Å². The third-order valence-corrected chi connectivity index (χ3v) is 3.29. The predicted molar refractivity (Wildman–Crippen MR) is 87.9 cm³/mol. The van der Waals surface area contributed by atoms with Crippen LogP contribution in [0.15, 0.2) is 0 Å². The van der Waals surface area contributed by atoms with Gasteiger partial charge in [0.1, 0.15) is 19.8 Å². The highest BCUT2D eigenvalue weighted by atomic mass is 17.2. The first-order chi connectivity index (χ1) is 11.4. The van der Waals surface area contributed by atoms with Crippen LogP contribution in [0.1, 0.15) is 53.4 Å². The molecule has 0 aliphatic heterocycles. The van der Waals surface area contributed by atoms with E-state index in [0.29, 0.717) is 25.7 Å². The second-order valence-electron chi connectivity index (χ2n) is 5.22. The minimum absolute atomic E-state index is 0.00913. The van der Waals surface area contributed by atoms with Gasteiger partial charge in [0.2, 0.25) is 17.7 Å². The van der Waals surface area contributed by atoms with Crippen molar-refractivity contribution in [3.05, 3.63) is 0 Å². The molecule has 0 radical (unpaired) electrons. The molecule has 0 aromatic carbocycles. The third-order valence-electron chi connectivity index (χ3n) is 3.29. The first-order valence-corrected chi connectivity index (χ1v) is 8.03. The van der Waals surface area contributed by atoms with Crippen LogP contribution in [0.25, 0.3) is 0 Å². The van der Waals surface area contributed by atoms with Gasteiger partial charge in [0.05, 0.1) is 5.41 Å². The molecule has 0 aliphatic rings. The van der Waals surface area contributed by atoms with Crippen LogP contribution in [0.4, 0.5) is 0 Å². The van der Waals surface area contributed by atoms with Crippen LogP contribution < -0.4 is 0 Å². The highest BCUT2D eigenvalue weighted by molar-refractivity contribution is 5.71. The van der Waals surface area contributed by atoms with Gasteiger partial charge >= 0.3 is 0 Å². The van der Waals surface area contributed by atoms with Crippen molar-refractivity contribution in [2.45, 2.75) is 53.4 Å². The summed E-state index contributed by atoms with van der Waals surface area (Å²) in [6, 6.07) is 0. The maximum Gasteiger partial charge on any atom is 0.224 e. The van der Waals surface area contributed by atoms with E-state index in [1.54, 1.807) is 20.8 Å². The largest absolute Gasteiger partial charge is 0.322 e. The van der Waals surface area contributed by atoms with Gasteiger partial charge in [-0.2, -0.15) is 14.7 Å². The van der Waals surface area contributed by atoms with Gasteiger partial charge < -0.3 is 14.7 Å². The molecule has 9 heteroatoms. The van der Waals surface area contributed by atoms with Crippen molar-refractivity contribution in [1.82, 2.24) is 0 Å². The van der Waals surface area contributed by atoms with Crippen molar-refractivity contribution >= 4 is 17.7 Å². The fraction of sp³-hybridized carbons (Fsp3) is 0.800. The molecule has 0 saturated carbocycles. The normalized spacial score (nSPS) is 13.0. The van der Waals surface area contributed by atoms with Crippen molar-refractivity contribution in [3.8, 4) is 0 Å². The zero-order chi connectivity index (χ0) is 18.4. The van der Waals surface area contributed by atoms with E-state index in [0.717, 1.165) is 0 Å². The van der Waals surface area contributed by atoms with Gasteiger partial charge in [0, 0.05) is 19.3 Å². The van der Waals surface area contributed by atoms with E-state index < -0.39 is 5.41 Å². The standard InChI is InChI=1S/C15H29N3O6/c1-5-12(16)22-19-9-15(8-4,10-20-23-13(17)6-2)11-21-24-14(18)7-3/h16-18H,5-11H2,1-4H3. The molecule has 0 rings (SSSR count). The Bertz CT molecular complexity index is 348. The Balaban J connectivity index is 4.63. The Kier molecular flexibility index (Phi) is 11.8. The summed E-state index contributed by atoms with van der Waals surface area (Å²) in [7, 11) is 0. The molecule has 0 amide bonds. The van der Waals surface area contributed by atoms with Gasteiger partial charge in [-0.15, -0.1) is 0 Å². The van der Waals surface area contributed by atoms with Crippen LogP contribution in [0.5, 0.6) is 0 Å². The first kappa shape index (κ1) is 22.3. The Hall–Kier alpha value is -1.71. The molecule has 24 heavy (non-hydrogen) atoms. The predicted octanol–water partition coefficient (Wildman–Crippen LogP) is 3.39. The topological polar surface area (TPSA) is 127 Å². The maximum absolute atomic E-state index is 7.43. The van der Waals surface area contributed by atoms with Gasteiger partial charge in [-0.25, -0.2) is 0 Å². The molecule has 140 valence electrons. The second-order valence-corrected chi connectivity index (χ2v) is 5.22. The molecule has 0 bridgehead atoms. The van der Waals surface area contributed by atoms with Crippen molar-refractivity contribution in [2.75, 3.05) is 19.8 Å². The lowest BCUT2D eigenvalue weighted by atomic mass is 9.88. The molecule has 0 spiro atoms. The van der Waals surface area contributed by atoms with Crippen LogP contribution in [-0.2, 0) is 29.3 Å². The lowest BCUT2D eigenvalue weighted by Gasteiger charge is -2.29. The van der Waals surface area contributed by atoms with E-state index in [9.17, 15) is 0 Å². The maximum atomic E-state index is 7.43. The van der Waals surface area contributed by atoms with Crippen molar-refractivity contribution in [3.63, 3.8) is 0 Å². The SMILES string of the molecule is CCC(=N)OOCC(CC)(COOC(=N)CC)COOC(=N)CC. The highest BCUT2D eigenvalue weighted by Crippen LogP contribution is 2.24. The average Bonchev–Trinajstić information content (AvgIpc) is 2.60. The Morgan fingerprint density at radius 1 is 0.625 bits per heavy atom. The van der Waals surface area contributed by atoms with Gasteiger partial charge in [-0.3, -0.25) is 16.2 Å². The summed E-state index contributed by atoms with van der Waals surface area (Å²) in [6.07, 6.45) is 1.82. The van der Waals surface area contributed by atoms with Crippen LogP contribution in [0.2, 0.25) is 0 Å². The smallest absolute Gasteiger partial charge is 0.224 e. The number of rotatable bonds is 13. The zero-order valence-corrected chi connectivity index (χ0v) is 14.9. The summed E-state index contributed by atoms with van der Waals surface area (Å²) in [5.41, 5.74) is -0.684. The molecule has 0 aromatic heterocycles. The average molecular weight is 347 g/mol. The summed E-state index contributed by atoms with van der Waals surface area (Å²) in [5, 5.41) is 22.3. The third kappa shape index (κ3) is 9.43. The summed E-state index contributed by atoms with van der Waals surface area (Å²) < 4.78 is 0. The molecule has 0 aromatic rings. The minimum atomic E-state index is -0.684. The van der Waals surface area contributed by atoms with Crippen LogP contribution >= 0.6 is 0 Å². The summed E-state index contributed by atoms with van der Waals surface area (Å²) >= 11 is 0. The van der Waals surface area contributed by atoms with Crippen molar-refractivity contribution in [2.24, 2.45) is 5.41 Å². The molecule has 0 saturated heterocycles. The van der Waals surface area contributed by atoms with Crippen LogP contribution in [-0.4, -0.2) is 37.5 Å².